The fraction of sp³-hybridized carbons (Fsp3) is 0.333. The molecule has 140 valence electrons. The van der Waals surface area contributed by atoms with Crippen LogP contribution in [0.3, 0.4) is 0 Å². The van der Waals surface area contributed by atoms with Crippen LogP contribution in [0.2, 0.25) is 0 Å². The Morgan fingerprint density at radius 3 is 2.74 bits per heavy atom. The van der Waals surface area contributed by atoms with Crippen molar-refractivity contribution in [3.05, 3.63) is 53.6 Å². The molecule has 2 amide bonds. The lowest BCUT2D eigenvalue weighted by Crippen LogP contribution is -2.50. The van der Waals surface area contributed by atoms with Crippen molar-refractivity contribution in [3.63, 3.8) is 0 Å². The number of nitrogens with one attached hydrogen (secondary N) is 1. The number of carbonyl (C=O) groups is 2. The summed E-state index contributed by atoms with van der Waals surface area (Å²) in [7, 11) is 1.99. The molecule has 1 saturated heterocycles. The molecule has 2 aromatic carbocycles. The third-order valence-corrected chi connectivity index (χ3v) is 5.22. The maximum Gasteiger partial charge on any atom is 0.257 e. The summed E-state index contributed by atoms with van der Waals surface area (Å²) in [5.41, 5.74) is 2.72. The summed E-state index contributed by atoms with van der Waals surface area (Å²) in [4.78, 5) is 29.4. The van der Waals surface area contributed by atoms with Crippen LogP contribution in [-0.4, -0.2) is 43.1 Å². The van der Waals surface area contributed by atoms with Crippen LogP contribution >= 0.6 is 0 Å². The van der Waals surface area contributed by atoms with E-state index in [2.05, 4.69) is 10.2 Å². The molecule has 27 heavy (non-hydrogen) atoms. The van der Waals surface area contributed by atoms with E-state index >= 15 is 0 Å². The molecule has 0 spiro atoms. The molecule has 4 rings (SSSR count). The molecule has 0 radical (unpaired) electrons. The van der Waals surface area contributed by atoms with Gasteiger partial charge in [0, 0.05) is 24.8 Å². The van der Waals surface area contributed by atoms with Crippen LogP contribution in [-0.2, 0) is 0 Å². The molecule has 1 atom stereocenters. The molecular formula is C21H23N3O3. The Bertz CT molecular complexity index is 879. The predicted octanol–water partition coefficient (Wildman–Crippen LogP) is 3.35. The lowest BCUT2D eigenvalue weighted by atomic mass is 10.0. The van der Waals surface area contributed by atoms with Crippen molar-refractivity contribution in [2.45, 2.75) is 25.9 Å². The van der Waals surface area contributed by atoms with Gasteiger partial charge >= 0.3 is 0 Å². The standard InChI is InChI=1S/C21H23N3O3/c1-3-27-16-9-7-15(8-10-16)22-20(25)14-6-11-17-18(13-14)23(2)19-5-4-12-24(19)21(17)26/h6-11,13,19H,3-5,12H2,1-2H3,(H,22,25). The highest BCUT2D eigenvalue weighted by atomic mass is 16.5. The number of hydrogen-bond donors (Lipinski definition) is 1. The van der Waals surface area contributed by atoms with Crippen molar-refractivity contribution in [3.8, 4) is 5.75 Å². The molecule has 2 heterocycles. The predicted molar refractivity (Wildman–Crippen MR) is 104 cm³/mol. The van der Waals surface area contributed by atoms with Crippen LogP contribution in [0.1, 0.15) is 40.5 Å². The SMILES string of the molecule is CCOc1ccc(NC(=O)c2ccc3c(c2)N(C)C2CCCN2C3=O)cc1. The first-order valence-corrected chi connectivity index (χ1v) is 9.30. The molecule has 0 aliphatic carbocycles. The van der Waals surface area contributed by atoms with Gasteiger partial charge in [0.1, 0.15) is 11.9 Å². The monoisotopic (exact) mass is 365 g/mol. The summed E-state index contributed by atoms with van der Waals surface area (Å²) in [5, 5.41) is 2.90. The summed E-state index contributed by atoms with van der Waals surface area (Å²) in [6.45, 7) is 3.33. The van der Waals surface area contributed by atoms with Gasteiger partial charge in [-0.3, -0.25) is 9.59 Å². The zero-order valence-corrected chi connectivity index (χ0v) is 15.6. The van der Waals surface area contributed by atoms with Gasteiger partial charge in [-0.15, -0.1) is 0 Å². The fourth-order valence-corrected chi connectivity index (χ4v) is 3.85. The smallest absolute Gasteiger partial charge is 0.257 e. The van der Waals surface area contributed by atoms with Crippen LogP contribution in [0.25, 0.3) is 0 Å². The Kier molecular flexibility index (Phi) is 4.48. The van der Waals surface area contributed by atoms with E-state index in [-0.39, 0.29) is 18.0 Å². The highest BCUT2D eigenvalue weighted by molar-refractivity contribution is 6.08. The number of amides is 2. The molecule has 6 nitrogen and oxygen atoms in total. The van der Waals surface area contributed by atoms with Gasteiger partial charge in [-0.1, -0.05) is 0 Å². The van der Waals surface area contributed by atoms with E-state index < -0.39 is 0 Å². The highest BCUT2D eigenvalue weighted by Crippen LogP contribution is 2.35. The van der Waals surface area contributed by atoms with Gasteiger partial charge in [0.15, 0.2) is 0 Å². The second-order valence-corrected chi connectivity index (χ2v) is 6.88. The molecule has 2 aromatic rings. The molecule has 0 saturated carbocycles. The highest BCUT2D eigenvalue weighted by Gasteiger charge is 2.38. The maximum atomic E-state index is 12.7. The van der Waals surface area contributed by atoms with Crippen LogP contribution in [0.15, 0.2) is 42.5 Å². The number of fused-ring (bicyclic) bond motifs is 2. The summed E-state index contributed by atoms with van der Waals surface area (Å²) >= 11 is 0. The molecular weight excluding hydrogens is 342 g/mol. The largest absolute Gasteiger partial charge is 0.494 e. The van der Waals surface area contributed by atoms with E-state index in [1.807, 2.05) is 49.2 Å². The molecule has 1 unspecified atom stereocenters. The normalized spacial score (nSPS) is 18.1. The van der Waals surface area contributed by atoms with Crippen molar-refractivity contribution in [2.75, 3.05) is 30.4 Å². The van der Waals surface area contributed by atoms with E-state index in [1.165, 1.54) is 0 Å². The first-order valence-electron chi connectivity index (χ1n) is 9.30. The number of nitrogens with zero attached hydrogens (tertiary/aromatic N) is 2. The topological polar surface area (TPSA) is 61.9 Å². The van der Waals surface area contributed by atoms with Crippen LogP contribution in [0.5, 0.6) is 5.75 Å². The van der Waals surface area contributed by atoms with Crippen molar-refractivity contribution >= 4 is 23.2 Å². The third kappa shape index (κ3) is 3.12. The zero-order valence-electron chi connectivity index (χ0n) is 15.6. The summed E-state index contributed by atoms with van der Waals surface area (Å²) in [6.07, 6.45) is 2.07. The number of benzene rings is 2. The number of rotatable bonds is 4. The van der Waals surface area contributed by atoms with Gasteiger partial charge in [0.05, 0.1) is 17.9 Å². The molecule has 1 fully saturated rings. The molecule has 6 heteroatoms. The minimum absolute atomic E-state index is 0.0593. The summed E-state index contributed by atoms with van der Waals surface area (Å²) < 4.78 is 5.41. The fourth-order valence-electron chi connectivity index (χ4n) is 3.85. The number of ether oxygens (including phenoxy) is 1. The van der Waals surface area contributed by atoms with Crippen molar-refractivity contribution in [2.24, 2.45) is 0 Å². The van der Waals surface area contributed by atoms with Crippen LogP contribution < -0.4 is 15.0 Å². The average Bonchev–Trinajstić information content (AvgIpc) is 3.18. The van der Waals surface area contributed by atoms with E-state index in [4.69, 9.17) is 4.74 Å². The maximum absolute atomic E-state index is 12.7. The van der Waals surface area contributed by atoms with Crippen LogP contribution in [0, 0.1) is 0 Å². The number of carbonyl (C=O) groups excluding carboxylic acids is 2. The van der Waals surface area contributed by atoms with Gasteiger partial charge < -0.3 is 19.9 Å². The van der Waals surface area contributed by atoms with Gasteiger partial charge in [0.2, 0.25) is 0 Å². The van der Waals surface area contributed by atoms with Gasteiger partial charge in [-0.25, -0.2) is 0 Å². The van der Waals surface area contributed by atoms with Crippen LogP contribution in [0.4, 0.5) is 11.4 Å². The second-order valence-electron chi connectivity index (χ2n) is 6.88. The van der Waals surface area contributed by atoms with Crippen molar-refractivity contribution in [1.82, 2.24) is 4.90 Å². The lowest BCUT2D eigenvalue weighted by molar-refractivity contribution is 0.0719. The van der Waals surface area contributed by atoms with Gasteiger partial charge in [0.25, 0.3) is 11.8 Å². The average molecular weight is 365 g/mol. The quantitative estimate of drug-likeness (QED) is 0.903. The molecule has 2 aliphatic rings. The minimum Gasteiger partial charge on any atom is -0.494 e. The van der Waals surface area contributed by atoms with E-state index in [0.717, 1.165) is 30.8 Å². The molecule has 2 aliphatic heterocycles. The number of anilines is 2. The lowest BCUT2D eigenvalue weighted by Gasteiger charge is -2.40. The summed E-state index contributed by atoms with van der Waals surface area (Å²) in [5.74, 6) is 0.631. The molecule has 1 N–H and O–H groups in total. The molecule has 0 aromatic heterocycles. The van der Waals surface area contributed by atoms with Crippen molar-refractivity contribution in [1.29, 1.82) is 0 Å². The first-order chi connectivity index (χ1) is 13.1. The van der Waals surface area contributed by atoms with Gasteiger partial charge in [-0.05, 0) is 62.2 Å². The Hall–Kier alpha value is -3.02. The molecule has 0 bridgehead atoms. The van der Waals surface area contributed by atoms with Crippen molar-refractivity contribution < 1.29 is 14.3 Å². The zero-order chi connectivity index (χ0) is 19.0. The van der Waals surface area contributed by atoms with Gasteiger partial charge in [-0.2, -0.15) is 0 Å². The Morgan fingerprint density at radius 1 is 1.22 bits per heavy atom. The van der Waals surface area contributed by atoms with E-state index in [9.17, 15) is 9.59 Å². The minimum atomic E-state index is -0.198. The third-order valence-electron chi connectivity index (χ3n) is 5.22. The Labute approximate surface area is 158 Å². The summed E-state index contributed by atoms with van der Waals surface area (Å²) in [6, 6.07) is 12.6. The van der Waals surface area contributed by atoms with E-state index in [1.54, 1.807) is 12.1 Å². The van der Waals surface area contributed by atoms with E-state index in [0.29, 0.717) is 23.4 Å². The number of hydrogen-bond acceptors (Lipinski definition) is 4. The first kappa shape index (κ1) is 17.4. The second kappa shape index (κ2) is 6.95. The Balaban J connectivity index is 1.55. The Morgan fingerprint density at radius 2 is 2.00 bits per heavy atom.